The fourth-order valence-electron chi connectivity index (χ4n) is 2.02. The number of carbonyl (C=O) groups is 3. The Morgan fingerprint density at radius 2 is 2.00 bits per heavy atom. The molecule has 1 aliphatic rings. The van der Waals surface area contributed by atoms with E-state index in [-0.39, 0.29) is 10.6 Å². The number of amides is 4. The Bertz CT molecular complexity index is 656. The van der Waals surface area contributed by atoms with Crippen molar-refractivity contribution in [3.05, 3.63) is 10.6 Å². The molecule has 0 bridgehead atoms. The Kier molecular flexibility index (Phi) is 5.77. The fourth-order valence-corrected chi connectivity index (χ4v) is 3.13. The molecule has 0 aromatic heterocycles. The molecule has 0 radical (unpaired) electrons. The minimum absolute atomic E-state index is 0.230. The lowest BCUT2D eigenvalue weighted by atomic mass is 9.72. The fraction of sp³-hybridized carbons (Fsp3) is 0.500. The summed E-state index contributed by atoms with van der Waals surface area (Å²) in [6.07, 6.45) is 0. The van der Waals surface area contributed by atoms with Crippen molar-refractivity contribution in [2.24, 2.45) is 11.3 Å². The molecule has 1 heterocycles. The number of thioether (sulfide) groups is 1. The van der Waals surface area contributed by atoms with E-state index in [0.29, 0.717) is 0 Å². The van der Waals surface area contributed by atoms with Crippen LogP contribution >= 0.6 is 11.8 Å². The van der Waals surface area contributed by atoms with Gasteiger partial charge in [-0.1, -0.05) is 25.6 Å². The minimum atomic E-state index is -0.989. The van der Waals surface area contributed by atoms with E-state index in [0.717, 1.165) is 11.8 Å². The van der Waals surface area contributed by atoms with Gasteiger partial charge in [0.2, 0.25) is 11.8 Å². The zero-order valence-corrected chi connectivity index (χ0v) is 14.0. The Morgan fingerprint density at radius 1 is 1.39 bits per heavy atom. The molecule has 122 valence electrons. The molecular weight excluding hydrogens is 318 g/mol. The Hall–Kier alpha value is -2.52. The molecule has 0 spiro atoms. The minimum Gasteiger partial charge on any atom is -0.341 e. The largest absolute Gasteiger partial charge is 0.341 e. The lowest BCUT2D eigenvalue weighted by molar-refractivity contribution is -0.125. The molecule has 0 aromatic carbocycles. The Morgan fingerprint density at radius 3 is 2.48 bits per heavy atom. The molecule has 9 heteroatoms. The third-order valence-electron chi connectivity index (χ3n) is 3.46. The van der Waals surface area contributed by atoms with E-state index in [9.17, 15) is 19.6 Å². The third-order valence-corrected chi connectivity index (χ3v) is 4.57. The second-order valence-electron chi connectivity index (χ2n) is 5.42. The van der Waals surface area contributed by atoms with E-state index in [1.165, 1.54) is 7.05 Å². The molecule has 2 atom stereocenters. The van der Waals surface area contributed by atoms with Gasteiger partial charge in [-0.05, 0) is 6.92 Å². The Labute approximate surface area is 138 Å². The second kappa shape index (κ2) is 7.16. The van der Waals surface area contributed by atoms with Gasteiger partial charge in [0.1, 0.15) is 5.92 Å². The number of allylic oxidation sites excluding steroid dienone is 1. The summed E-state index contributed by atoms with van der Waals surface area (Å²) in [5.74, 6) is -2.07. The Balaban J connectivity index is 3.06. The van der Waals surface area contributed by atoms with Gasteiger partial charge in [0, 0.05) is 12.5 Å². The molecule has 0 unspecified atom stereocenters. The zero-order chi connectivity index (χ0) is 17.8. The van der Waals surface area contributed by atoms with Crippen molar-refractivity contribution in [2.75, 3.05) is 7.05 Å². The predicted octanol–water partition coefficient (Wildman–Crippen LogP) is 0.595. The number of carbonyl (C=O) groups excluding carboxylic acids is 3. The number of rotatable bonds is 3. The van der Waals surface area contributed by atoms with Crippen LogP contribution in [0.5, 0.6) is 0 Å². The van der Waals surface area contributed by atoms with Crippen LogP contribution in [0.2, 0.25) is 0 Å². The topological polar surface area (TPSA) is 135 Å². The molecule has 1 rings (SSSR count). The van der Waals surface area contributed by atoms with Gasteiger partial charge in [0.25, 0.3) is 0 Å². The lowest BCUT2D eigenvalue weighted by Crippen LogP contribution is -2.46. The second-order valence-corrected chi connectivity index (χ2v) is 6.77. The maximum absolute atomic E-state index is 12.0. The normalized spacial score (nSPS) is 20.6. The van der Waals surface area contributed by atoms with Gasteiger partial charge in [-0.2, -0.15) is 10.5 Å². The number of nitrogens with one attached hydrogen (secondary N) is 3. The quantitative estimate of drug-likeness (QED) is 0.691. The number of hydrogen-bond donors (Lipinski definition) is 3. The summed E-state index contributed by atoms with van der Waals surface area (Å²) in [5, 5.41) is 24.9. The molecule has 0 saturated carbocycles. The smallest absolute Gasteiger partial charge is 0.321 e. The zero-order valence-electron chi connectivity index (χ0n) is 13.2. The van der Waals surface area contributed by atoms with Gasteiger partial charge < -0.3 is 10.6 Å². The highest BCUT2D eigenvalue weighted by Crippen LogP contribution is 2.42. The summed E-state index contributed by atoms with van der Waals surface area (Å²) in [6, 6.07) is 3.26. The molecule has 0 saturated heterocycles. The standard InChI is InChI=1S/C14H17N5O3S/c1-7(10(20)19-13(22)17-4)23-12-9(6-16)14(2,3)8(5-15)11(21)18-12/h7-8H,1-4H3,(H,18,21)(H2,17,19,20,22)/t7-,8+/m1/s1. The van der Waals surface area contributed by atoms with E-state index in [4.69, 9.17) is 5.26 Å². The van der Waals surface area contributed by atoms with Crippen molar-refractivity contribution in [1.82, 2.24) is 16.0 Å². The molecule has 0 fully saturated rings. The molecule has 4 amide bonds. The highest BCUT2D eigenvalue weighted by atomic mass is 32.2. The van der Waals surface area contributed by atoms with Crippen molar-refractivity contribution in [2.45, 2.75) is 26.0 Å². The van der Waals surface area contributed by atoms with Gasteiger partial charge in [0.05, 0.1) is 28.0 Å². The number of imide groups is 1. The lowest BCUT2D eigenvalue weighted by Gasteiger charge is -2.35. The maximum Gasteiger partial charge on any atom is 0.321 e. The van der Waals surface area contributed by atoms with E-state index in [1.54, 1.807) is 20.8 Å². The number of nitriles is 2. The highest BCUT2D eigenvalue weighted by molar-refractivity contribution is 8.04. The molecule has 3 N–H and O–H groups in total. The van der Waals surface area contributed by atoms with Gasteiger partial charge in [-0.3, -0.25) is 14.9 Å². The molecule has 23 heavy (non-hydrogen) atoms. The summed E-state index contributed by atoms with van der Waals surface area (Å²) in [5.41, 5.74) is -0.737. The van der Waals surface area contributed by atoms with Crippen molar-refractivity contribution >= 4 is 29.6 Å². The van der Waals surface area contributed by atoms with Crippen LogP contribution in [0.1, 0.15) is 20.8 Å². The number of nitrogens with zero attached hydrogens (tertiary/aromatic N) is 2. The van der Waals surface area contributed by atoms with Gasteiger partial charge in [-0.25, -0.2) is 4.79 Å². The van der Waals surface area contributed by atoms with Crippen molar-refractivity contribution in [1.29, 1.82) is 10.5 Å². The van der Waals surface area contributed by atoms with E-state index in [2.05, 4.69) is 16.0 Å². The first kappa shape index (κ1) is 18.5. The number of urea groups is 1. The van der Waals surface area contributed by atoms with Crippen LogP contribution in [0.4, 0.5) is 4.79 Å². The van der Waals surface area contributed by atoms with Gasteiger partial charge >= 0.3 is 6.03 Å². The highest BCUT2D eigenvalue weighted by Gasteiger charge is 2.45. The van der Waals surface area contributed by atoms with E-state index in [1.807, 2.05) is 12.1 Å². The van der Waals surface area contributed by atoms with Crippen LogP contribution in [0.15, 0.2) is 10.6 Å². The first-order valence-electron chi connectivity index (χ1n) is 6.73. The van der Waals surface area contributed by atoms with Crippen LogP contribution in [0.3, 0.4) is 0 Å². The van der Waals surface area contributed by atoms with Crippen LogP contribution in [-0.4, -0.2) is 30.1 Å². The van der Waals surface area contributed by atoms with Crippen LogP contribution < -0.4 is 16.0 Å². The first-order chi connectivity index (χ1) is 10.7. The SMILES string of the molecule is CNC(=O)NC(=O)[C@@H](C)SC1=C(C#N)C(C)(C)[C@@H](C#N)C(=O)N1. The molecular formula is C14H17N5O3S. The molecule has 0 aliphatic carbocycles. The predicted molar refractivity (Wildman–Crippen MR) is 83.3 cm³/mol. The summed E-state index contributed by atoms with van der Waals surface area (Å²) >= 11 is 0.956. The van der Waals surface area contributed by atoms with Crippen LogP contribution in [0, 0.1) is 34.0 Å². The van der Waals surface area contributed by atoms with Crippen LogP contribution in [-0.2, 0) is 9.59 Å². The molecule has 0 aromatic rings. The van der Waals surface area contributed by atoms with Gasteiger partial charge in [-0.15, -0.1) is 0 Å². The van der Waals surface area contributed by atoms with E-state index < -0.39 is 34.4 Å². The summed E-state index contributed by atoms with van der Waals surface area (Å²) in [6.45, 7) is 4.81. The summed E-state index contributed by atoms with van der Waals surface area (Å²) in [7, 11) is 1.38. The average Bonchev–Trinajstić information content (AvgIpc) is 2.46. The molecule has 1 aliphatic heterocycles. The number of hydrogen-bond acceptors (Lipinski definition) is 6. The monoisotopic (exact) mass is 335 g/mol. The van der Waals surface area contributed by atoms with Gasteiger partial charge in [0.15, 0.2) is 0 Å². The van der Waals surface area contributed by atoms with Crippen molar-refractivity contribution in [3.63, 3.8) is 0 Å². The van der Waals surface area contributed by atoms with Crippen molar-refractivity contribution in [3.8, 4) is 12.1 Å². The van der Waals surface area contributed by atoms with Crippen molar-refractivity contribution < 1.29 is 14.4 Å². The third kappa shape index (κ3) is 3.82. The first-order valence-corrected chi connectivity index (χ1v) is 7.61. The van der Waals surface area contributed by atoms with Crippen LogP contribution in [0.25, 0.3) is 0 Å². The summed E-state index contributed by atoms with van der Waals surface area (Å²) < 4.78 is 0. The average molecular weight is 335 g/mol. The van der Waals surface area contributed by atoms with E-state index >= 15 is 0 Å². The summed E-state index contributed by atoms with van der Waals surface area (Å²) in [4.78, 5) is 35.1. The maximum atomic E-state index is 12.0. The molecule has 8 nitrogen and oxygen atoms in total.